The van der Waals surface area contributed by atoms with E-state index in [2.05, 4.69) is 38.8 Å². The van der Waals surface area contributed by atoms with Gasteiger partial charge in [-0.25, -0.2) is 0 Å². The van der Waals surface area contributed by atoms with Crippen LogP contribution in [0.3, 0.4) is 0 Å². The van der Waals surface area contributed by atoms with E-state index in [9.17, 15) is 10.0 Å². The van der Waals surface area contributed by atoms with Gasteiger partial charge in [-0.15, -0.1) is 0 Å². The lowest BCUT2D eigenvalue weighted by molar-refractivity contribution is 0.0863. The van der Waals surface area contributed by atoms with E-state index < -0.39 is 16.2 Å². The van der Waals surface area contributed by atoms with Crippen molar-refractivity contribution in [3.05, 3.63) is 24.0 Å². The van der Waals surface area contributed by atoms with E-state index >= 15 is 0 Å². The molecule has 0 bridgehead atoms. The molecular formula is C12H21BNO3Si. The topological polar surface area (TPSA) is 62.6 Å². The first kappa shape index (κ1) is 15.4. The Kier molecular flexibility index (Phi) is 5.10. The molecule has 1 heterocycles. The SMILES string of the molecule is C[Si](C)OC(c1cncc(B(O)O)c1)C(C)(C)C. The molecule has 0 saturated carbocycles. The largest absolute Gasteiger partial charge is 0.490 e. The van der Waals surface area contributed by atoms with Gasteiger partial charge in [-0.2, -0.15) is 0 Å². The molecule has 1 unspecified atom stereocenters. The van der Waals surface area contributed by atoms with E-state index in [0.29, 0.717) is 5.46 Å². The first-order chi connectivity index (χ1) is 8.21. The summed E-state index contributed by atoms with van der Waals surface area (Å²) in [6.07, 6.45) is 3.09. The Bertz CT molecular complexity index is 393. The molecule has 1 aromatic rings. The van der Waals surface area contributed by atoms with Crippen LogP contribution in [0.2, 0.25) is 13.1 Å². The summed E-state index contributed by atoms with van der Waals surface area (Å²) in [6, 6.07) is 1.75. The van der Waals surface area contributed by atoms with Gasteiger partial charge >= 0.3 is 7.12 Å². The Morgan fingerprint density at radius 3 is 2.33 bits per heavy atom. The monoisotopic (exact) mass is 266 g/mol. The molecule has 0 aliphatic rings. The van der Waals surface area contributed by atoms with Crippen LogP contribution < -0.4 is 5.46 Å². The Hall–Kier alpha value is -0.688. The Labute approximate surface area is 111 Å². The van der Waals surface area contributed by atoms with Crippen molar-refractivity contribution in [2.45, 2.75) is 40.0 Å². The van der Waals surface area contributed by atoms with Gasteiger partial charge in [-0.3, -0.25) is 4.98 Å². The molecule has 0 aromatic carbocycles. The molecular weight excluding hydrogens is 245 g/mol. The summed E-state index contributed by atoms with van der Waals surface area (Å²) in [5, 5.41) is 18.4. The fraction of sp³-hybridized carbons (Fsp3) is 0.583. The predicted molar refractivity (Wildman–Crippen MR) is 74.8 cm³/mol. The van der Waals surface area contributed by atoms with Gasteiger partial charge in [-0.05, 0) is 24.1 Å². The van der Waals surface area contributed by atoms with E-state index in [-0.39, 0.29) is 11.5 Å². The van der Waals surface area contributed by atoms with E-state index in [0.717, 1.165) is 5.56 Å². The molecule has 0 amide bonds. The average molecular weight is 266 g/mol. The van der Waals surface area contributed by atoms with Crippen molar-refractivity contribution in [3.8, 4) is 0 Å². The molecule has 1 rings (SSSR count). The molecule has 0 aliphatic carbocycles. The van der Waals surface area contributed by atoms with Gasteiger partial charge in [0.2, 0.25) is 9.04 Å². The zero-order valence-electron chi connectivity index (χ0n) is 11.6. The molecule has 1 aromatic heterocycles. The van der Waals surface area contributed by atoms with Crippen LogP contribution in [-0.2, 0) is 4.43 Å². The molecule has 6 heteroatoms. The van der Waals surface area contributed by atoms with Gasteiger partial charge < -0.3 is 14.5 Å². The molecule has 0 spiro atoms. The minimum Gasteiger partial charge on any atom is -0.423 e. The van der Waals surface area contributed by atoms with Crippen molar-refractivity contribution >= 4 is 21.6 Å². The maximum Gasteiger partial charge on any atom is 0.490 e. The normalized spacial score (nSPS) is 13.8. The predicted octanol–water partition coefficient (Wildman–Crippen LogP) is 1.12. The summed E-state index contributed by atoms with van der Waals surface area (Å²) in [4.78, 5) is 4.06. The Morgan fingerprint density at radius 1 is 1.28 bits per heavy atom. The van der Waals surface area contributed by atoms with Crippen molar-refractivity contribution < 1.29 is 14.5 Å². The Morgan fingerprint density at radius 2 is 1.89 bits per heavy atom. The number of rotatable bonds is 4. The van der Waals surface area contributed by atoms with E-state index in [1.54, 1.807) is 12.3 Å². The summed E-state index contributed by atoms with van der Waals surface area (Å²) in [5.74, 6) is 0. The minimum absolute atomic E-state index is 0.0668. The van der Waals surface area contributed by atoms with Crippen molar-refractivity contribution in [1.82, 2.24) is 4.98 Å². The van der Waals surface area contributed by atoms with E-state index in [1.807, 2.05) is 0 Å². The summed E-state index contributed by atoms with van der Waals surface area (Å²) in [6.45, 7) is 10.5. The van der Waals surface area contributed by atoms with Gasteiger partial charge in [0.05, 0.1) is 6.10 Å². The van der Waals surface area contributed by atoms with E-state index in [4.69, 9.17) is 4.43 Å². The van der Waals surface area contributed by atoms with E-state index in [1.165, 1.54) is 6.20 Å². The summed E-state index contributed by atoms with van der Waals surface area (Å²) in [5.41, 5.74) is 1.22. The number of aromatic nitrogens is 1. The molecule has 4 nitrogen and oxygen atoms in total. The highest BCUT2D eigenvalue weighted by Gasteiger charge is 2.29. The zero-order valence-corrected chi connectivity index (χ0v) is 12.6. The van der Waals surface area contributed by atoms with Gasteiger partial charge in [0.1, 0.15) is 0 Å². The zero-order chi connectivity index (χ0) is 13.9. The summed E-state index contributed by atoms with van der Waals surface area (Å²) >= 11 is 0. The third kappa shape index (κ3) is 4.20. The summed E-state index contributed by atoms with van der Waals surface area (Å²) in [7, 11) is -2.34. The first-order valence-corrected chi connectivity index (χ1v) is 8.40. The van der Waals surface area contributed by atoms with Crippen molar-refractivity contribution in [3.63, 3.8) is 0 Å². The first-order valence-electron chi connectivity index (χ1n) is 5.99. The average Bonchev–Trinajstić information content (AvgIpc) is 2.24. The van der Waals surface area contributed by atoms with Crippen molar-refractivity contribution in [2.75, 3.05) is 0 Å². The number of pyridine rings is 1. The maximum atomic E-state index is 9.20. The molecule has 1 atom stereocenters. The quantitative estimate of drug-likeness (QED) is 0.801. The highest BCUT2D eigenvalue weighted by atomic mass is 28.3. The standard InChI is InChI=1S/C12H21BNO3Si/c1-12(2,3)11(17-18(4)5)9-6-10(13(15)16)8-14-7-9/h6-8,11,15-16H,1-5H3. The molecule has 0 aliphatic heterocycles. The second-order valence-corrected chi connectivity index (χ2v) is 7.75. The third-order valence-electron chi connectivity index (χ3n) is 2.52. The second-order valence-electron chi connectivity index (χ2n) is 5.70. The molecule has 0 saturated heterocycles. The summed E-state index contributed by atoms with van der Waals surface area (Å²) < 4.78 is 6.03. The number of nitrogens with zero attached hydrogens (tertiary/aromatic N) is 1. The van der Waals surface area contributed by atoms with Gasteiger partial charge in [0, 0.05) is 17.9 Å². The van der Waals surface area contributed by atoms with Gasteiger partial charge in [0.25, 0.3) is 0 Å². The van der Waals surface area contributed by atoms with Crippen LogP contribution in [0.5, 0.6) is 0 Å². The molecule has 0 fully saturated rings. The molecule has 1 radical (unpaired) electrons. The van der Waals surface area contributed by atoms with Crippen LogP contribution in [0.25, 0.3) is 0 Å². The lowest BCUT2D eigenvalue weighted by Crippen LogP contribution is -2.32. The fourth-order valence-corrected chi connectivity index (χ4v) is 2.70. The Balaban J connectivity index is 3.09. The maximum absolute atomic E-state index is 9.20. The van der Waals surface area contributed by atoms with Crippen LogP contribution >= 0.6 is 0 Å². The highest BCUT2D eigenvalue weighted by Crippen LogP contribution is 2.35. The van der Waals surface area contributed by atoms with Crippen LogP contribution in [-0.4, -0.2) is 31.2 Å². The van der Waals surface area contributed by atoms with Crippen LogP contribution in [0, 0.1) is 5.41 Å². The second kappa shape index (κ2) is 5.97. The highest BCUT2D eigenvalue weighted by molar-refractivity contribution is 6.58. The van der Waals surface area contributed by atoms with Crippen LogP contribution in [0.1, 0.15) is 32.4 Å². The smallest absolute Gasteiger partial charge is 0.423 e. The molecule has 99 valence electrons. The molecule has 18 heavy (non-hydrogen) atoms. The molecule has 2 N–H and O–H groups in total. The number of hydrogen-bond acceptors (Lipinski definition) is 4. The lowest BCUT2D eigenvalue weighted by atomic mass is 9.78. The minimum atomic E-state index is -1.49. The fourth-order valence-electron chi connectivity index (χ4n) is 1.74. The van der Waals surface area contributed by atoms with Gasteiger partial charge in [0.15, 0.2) is 0 Å². The van der Waals surface area contributed by atoms with Crippen LogP contribution in [0.4, 0.5) is 0 Å². The third-order valence-corrected chi connectivity index (χ3v) is 3.23. The van der Waals surface area contributed by atoms with Crippen LogP contribution in [0.15, 0.2) is 18.5 Å². The number of hydrogen-bond donors (Lipinski definition) is 2. The van der Waals surface area contributed by atoms with Crippen molar-refractivity contribution in [1.29, 1.82) is 0 Å². The van der Waals surface area contributed by atoms with Crippen molar-refractivity contribution in [2.24, 2.45) is 5.41 Å². The lowest BCUT2D eigenvalue weighted by Gasteiger charge is -2.32. The van der Waals surface area contributed by atoms with Gasteiger partial charge in [-0.1, -0.05) is 26.8 Å².